The van der Waals surface area contributed by atoms with E-state index in [1.165, 1.54) is 12.1 Å². The lowest BCUT2D eigenvalue weighted by molar-refractivity contribution is -0.144. The molecule has 0 heterocycles. The number of carboxylic acids is 1. The Morgan fingerprint density at radius 3 is 2.33 bits per heavy atom. The number of aliphatic carboxylic acids is 1. The van der Waals surface area contributed by atoms with Crippen molar-refractivity contribution in [3.05, 3.63) is 29.8 Å². The van der Waals surface area contributed by atoms with Crippen LogP contribution < -0.4 is 4.72 Å². The van der Waals surface area contributed by atoms with Crippen molar-refractivity contribution in [2.75, 3.05) is 6.54 Å². The molecule has 6 nitrogen and oxygen atoms in total. The van der Waals surface area contributed by atoms with E-state index in [9.17, 15) is 18.0 Å². The lowest BCUT2D eigenvalue weighted by Gasteiger charge is -2.18. The molecule has 7 heteroatoms. The summed E-state index contributed by atoms with van der Waals surface area (Å²) in [5.41, 5.74) is 0.921. The van der Waals surface area contributed by atoms with Crippen LogP contribution in [0.4, 0.5) is 0 Å². The molecule has 2 unspecified atom stereocenters. The zero-order valence-corrected chi connectivity index (χ0v) is 12.8. The Labute approximate surface area is 124 Å². The molecule has 116 valence electrons. The summed E-state index contributed by atoms with van der Waals surface area (Å²) in [4.78, 5) is 22.1. The van der Waals surface area contributed by atoms with Gasteiger partial charge >= 0.3 is 5.97 Å². The number of hydrogen-bond acceptors (Lipinski definition) is 4. The fourth-order valence-corrected chi connectivity index (χ4v) is 2.96. The van der Waals surface area contributed by atoms with Crippen molar-refractivity contribution in [1.82, 2.24) is 4.72 Å². The van der Waals surface area contributed by atoms with E-state index in [0.29, 0.717) is 12.7 Å². The number of rotatable bonds is 8. The highest BCUT2D eigenvalue weighted by molar-refractivity contribution is 7.89. The first-order valence-electron chi connectivity index (χ1n) is 6.56. The molecule has 0 amide bonds. The molecule has 1 aromatic carbocycles. The minimum absolute atomic E-state index is 0.0661. The summed E-state index contributed by atoms with van der Waals surface area (Å²) in [6, 6.07) is 6.21. The van der Waals surface area contributed by atoms with Gasteiger partial charge in [-0.15, -0.1) is 0 Å². The fraction of sp³-hybridized carbons (Fsp3) is 0.429. The molecule has 2 N–H and O–H groups in total. The summed E-state index contributed by atoms with van der Waals surface area (Å²) in [5, 5.41) is 9.12. The van der Waals surface area contributed by atoms with Gasteiger partial charge in [0.05, 0.1) is 10.8 Å². The summed E-state index contributed by atoms with van der Waals surface area (Å²) < 4.78 is 26.4. The molecule has 0 saturated carbocycles. The Bertz CT molecular complexity index is 594. The van der Waals surface area contributed by atoms with E-state index in [2.05, 4.69) is 4.72 Å². The molecule has 0 aliphatic heterocycles. The SMILES string of the molecule is CCC(C=O)C(CNS(=O)(=O)c1ccc(C)cc1)C(=O)O. The van der Waals surface area contributed by atoms with Crippen LogP contribution in [0, 0.1) is 18.8 Å². The average Bonchev–Trinajstić information content (AvgIpc) is 2.43. The predicted molar refractivity (Wildman–Crippen MR) is 77.3 cm³/mol. The van der Waals surface area contributed by atoms with Gasteiger partial charge in [-0.2, -0.15) is 0 Å². The Morgan fingerprint density at radius 1 is 1.33 bits per heavy atom. The van der Waals surface area contributed by atoms with Gasteiger partial charge < -0.3 is 9.90 Å². The molecule has 0 saturated heterocycles. The van der Waals surface area contributed by atoms with E-state index in [4.69, 9.17) is 5.11 Å². The van der Waals surface area contributed by atoms with Crippen molar-refractivity contribution in [3.63, 3.8) is 0 Å². The fourth-order valence-electron chi connectivity index (χ4n) is 1.90. The average molecular weight is 313 g/mol. The Morgan fingerprint density at radius 2 is 1.90 bits per heavy atom. The van der Waals surface area contributed by atoms with Gasteiger partial charge in [0.1, 0.15) is 6.29 Å². The van der Waals surface area contributed by atoms with E-state index >= 15 is 0 Å². The van der Waals surface area contributed by atoms with Crippen LogP contribution in [-0.4, -0.2) is 32.3 Å². The van der Waals surface area contributed by atoms with Gasteiger partial charge in [-0.3, -0.25) is 4.79 Å². The van der Waals surface area contributed by atoms with E-state index in [1.807, 2.05) is 6.92 Å². The smallest absolute Gasteiger partial charge is 0.308 e. The number of carbonyl (C=O) groups is 2. The quantitative estimate of drug-likeness (QED) is 0.702. The number of aldehydes is 1. The van der Waals surface area contributed by atoms with Crippen LogP contribution in [0.5, 0.6) is 0 Å². The van der Waals surface area contributed by atoms with Gasteiger partial charge in [0.2, 0.25) is 10.0 Å². The molecule has 0 aromatic heterocycles. The second-order valence-corrected chi connectivity index (χ2v) is 6.58. The Hall–Kier alpha value is -1.73. The molecule has 0 fully saturated rings. The van der Waals surface area contributed by atoms with E-state index in [0.717, 1.165) is 5.56 Å². The van der Waals surface area contributed by atoms with Crippen LogP contribution >= 0.6 is 0 Å². The number of carbonyl (C=O) groups excluding carboxylic acids is 1. The number of sulfonamides is 1. The Balaban J connectivity index is 2.86. The maximum atomic E-state index is 12.1. The van der Waals surface area contributed by atoms with Gasteiger partial charge in [0.15, 0.2) is 0 Å². The van der Waals surface area contributed by atoms with Crippen LogP contribution in [-0.2, 0) is 19.6 Å². The number of nitrogens with one attached hydrogen (secondary N) is 1. The standard InChI is InChI=1S/C14H19NO5S/c1-3-11(9-16)13(14(17)18)8-15-21(19,20)12-6-4-10(2)5-7-12/h4-7,9,11,13,15H,3,8H2,1-2H3,(H,17,18). The second kappa shape index (κ2) is 7.33. The zero-order valence-electron chi connectivity index (χ0n) is 11.9. The van der Waals surface area contributed by atoms with Crippen molar-refractivity contribution in [3.8, 4) is 0 Å². The largest absolute Gasteiger partial charge is 0.481 e. The third kappa shape index (κ3) is 4.64. The minimum atomic E-state index is -3.78. The lowest BCUT2D eigenvalue weighted by Crippen LogP contribution is -2.37. The predicted octanol–water partition coefficient (Wildman–Crippen LogP) is 1.20. The van der Waals surface area contributed by atoms with Gasteiger partial charge in [0.25, 0.3) is 0 Å². The third-order valence-electron chi connectivity index (χ3n) is 3.30. The molecular formula is C14H19NO5S. The van der Waals surface area contributed by atoms with Crippen LogP contribution in [0.1, 0.15) is 18.9 Å². The lowest BCUT2D eigenvalue weighted by atomic mass is 9.91. The van der Waals surface area contributed by atoms with Crippen molar-refractivity contribution >= 4 is 22.3 Å². The van der Waals surface area contributed by atoms with Crippen LogP contribution in [0.2, 0.25) is 0 Å². The minimum Gasteiger partial charge on any atom is -0.481 e. The normalized spacial score (nSPS) is 14.4. The molecule has 0 radical (unpaired) electrons. The molecule has 0 aliphatic rings. The van der Waals surface area contributed by atoms with Crippen molar-refractivity contribution in [2.24, 2.45) is 11.8 Å². The molecule has 1 rings (SSSR count). The van der Waals surface area contributed by atoms with E-state index < -0.39 is 27.8 Å². The number of aryl methyl sites for hydroxylation is 1. The molecule has 0 aliphatic carbocycles. The van der Waals surface area contributed by atoms with E-state index in [-0.39, 0.29) is 11.4 Å². The van der Waals surface area contributed by atoms with Crippen LogP contribution in [0.25, 0.3) is 0 Å². The topological polar surface area (TPSA) is 101 Å². The molecule has 0 spiro atoms. The zero-order chi connectivity index (χ0) is 16.0. The van der Waals surface area contributed by atoms with Crippen molar-refractivity contribution < 1.29 is 23.1 Å². The summed E-state index contributed by atoms with van der Waals surface area (Å²) in [5.74, 6) is -2.99. The summed E-state index contributed by atoms with van der Waals surface area (Å²) in [6.07, 6.45) is 0.895. The van der Waals surface area contributed by atoms with E-state index in [1.54, 1.807) is 19.1 Å². The monoisotopic (exact) mass is 313 g/mol. The summed E-state index contributed by atoms with van der Waals surface area (Å²) in [6.45, 7) is 3.20. The second-order valence-electron chi connectivity index (χ2n) is 4.82. The maximum Gasteiger partial charge on any atom is 0.308 e. The first kappa shape index (κ1) is 17.3. The van der Waals surface area contributed by atoms with Gasteiger partial charge in [-0.1, -0.05) is 24.6 Å². The summed E-state index contributed by atoms with van der Waals surface area (Å²) in [7, 11) is -3.78. The van der Waals surface area contributed by atoms with Crippen molar-refractivity contribution in [1.29, 1.82) is 0 Å². The first-order valence-corrected chi connectivity index (χ1v) is 8.04. The van der Waals surface area contributed by atoms with Gasteiger partial charge in [-0.25, -0.2) is 13.1 Å². The highest BCUT2D eigenvalue weighted by Crippen LogP contribution is 2.15. The third-order valence-corrected chi connectivity index (χ3v) is 4.74. The molecular weight excluding hydrogens is 294 g/mol. The number of carboxylic acid groups (broad SMARTS) is 1. The summed E-state index contributed by atoms with van der Waals surface area (Å²) >= 11 is 0. The molecule has 0 bridgehead atoms. The highest BCUT2D eigenvalue weighted by atomic mass is 32.2. The molecule has 1 aromatic rings. The van der Waals surface area contributed by atoms with Gasteiger partial charge in [0, 0.05) is 12.5 Å². The number of hydrogen-bond donors (Lipinski definition) is 2. The molecule has 21 heavy (non-hydrogen) atoms. The Kier molecular flexibility index (Phi) is 6.04. The highest BCUT2D eigenvalue weighted by Gasteiger charge is 2.28. The van der Waals surface area contributed by atoms with Crippen LogP contribution in [0.3, 0.4) is 0 Å². The first-order chi connectivity index (χ1) is 9.81. The van der Waals surface area contributed by atoms with Gasteiger partial charge in [-0.05, 0) is 25.5 Å². The van der Waals surface area contributed by atoms with Crippen LogP contribution in [0.15, 0.2) is 29.2 Å². The number of benzene rings is 1. The molecule has 2 atom stereocenters. The maximum absolute atomic E-state index is 12.1. The van der Waals surface area contributed by atoms with Crippen molar-refractivity contribution in [2.45, 2.75) is 25.2 Å².